The summed E-state index contributed by atoms with van der Waals surface area (Å²) in [6.07, 6.45) is 1.92. The second kappa shape index (κ2) is 9.90. The number of nitrogen functional groups attached to an aromatic ring is 2. The lowest BCUT2D eigenvalue weighted by molar-refractivity contribution is -0.113. The summed E-state index contributed by atoms with van der Waals surface area (Å²) in [5.74, 6) is -3.59. The van der Waals surface area contributed by atoms with Gasteiger partial charge in [-0.25, -0.2) is 13.8 Å². The number of hydrogen-bond donors (Lipinski definition) is 2. The van der Waals surface area contributed by atoms with Gasteiger partial charge in [-0.15, -0.1) is 0 Å². The molecule has 2 aromatic heterocycles. The second-order valence-electron chi connectivity index (χ2n) is 8.21. The van der Waals surface area contributed by atoms with E-state index in [1.807, 2.05) is 55.5 Å². The first-order valence-corrected chi connectivity index (χ1v) is 11.4. The second-order valence-corrected chi connectivity index (χ2v) is 8.62. The van der Waals surface area contributed by atoms with Crippen molar-refractivity contribution in [2.75, 3.05) is 24.6 Å². The van der Waals surface area contributed by atoms with Gasteiger partial charge >= 0.3 is 0 Å². The quantitative estimate of drug-likeness (QED) is 0.429. The SMILES string of the molecule is CCc1cc2cccc(Cl)c2c(=O)n1-c1ccccc1.Nc1ncc(C(=O)N2CC(F)(F)C2)c(N)n1. The first-order chi connectivity index (χ1) is 17.1. The number of hydrogen-bond acceptors (Lipinski definition) is 6. The molecule has 1 aliphatic rings. The van der Waals surface area contributed by atoms with Crippen LogP contribution < -0.4 is 17.0 Å². The van der Waals surface area contributed by atoms with Crippen molar-refractivity contribution in [1.29, 1.82) is 0 Å². The van der Waals surface area contributed by atoms with Gasteiger partial charge in [0, 0.05) is 17.6 Å². The highest BCUT2D eigenvalue weighted by molar-refractivity contribution is 6.35. The van der Waals surface area contributed by atoms with Crippen molar-refractivity contribution in [2.24, 2.45) is 0 Å². The minimum atomic E-state index is -2.81. The number of para-hydroxylation sites is 1. The summed E-state index contributed by atoms with van der Waals surface area (Å²) in [5.41, 5.74) is 12.5. The van der Waals surface area contributed by atoms with Crippen LogP contribution in [0.2, 0.25) is 5.02 Å². The van der Waals surface area contributed by atoms with Crippen LogP contribution in [0.4, 0.5) is 20.5 Å². The molecule has 3 heterocycles. The van der Waals surface area contributed by atoms with E-state index in [2.05, 4.69) is 9.97 Å². The smallest absolute Gasteiger partial charge is 0.282 e. The van der Waals surface area contributed by atoms with Crippen LogP contribution in [0.3, 0.4) is 0 Å². The maximum atomic E-state index is 12.8. The molecule has 1 saturated heterocycles. The Morgan fingerprint density at radius 1 is 1.11 bits per heavy atom. The Kier molecular flexibility index (Phi) is 6.89. The van der Waals surface area contributed by atoms with Crippen molar-refractivity contribution >= 4 is 40.0 Å². The summed E-state index contributed by atoms with van der Waals surface area (Å²) in [6.45, 7) is 0.843. The predicted molar refractivity (Wildman–Crippen MR) is 136 cm³/mol. The largest absolute Gasteiger partial charge is 0.383 e. The Bertz CT molecular complexity index is 1490. The maximum absolute atomic E-state index is 12.8. The van der Waals surface area contributed by atoms with E-state index in [1.54, 1.807) is 10.6 Å². The summed E-state index contributed by atoms with van der Waals surface area (Å²) in [6, 6.07) is 17.3. The van der Waals surface area contributed by atoms with Gasteiger partial charge in [-0.3, -0.25) is 14.2 Å². The van der Waals surface area contributed by atoms with Gasteiger partial charge in [0.1, 0.15) is 11.4 Å². The number of carbonyl (C=O) groups excluding carboxylic acids is 1. The molecule has 36 heavy (non-hydrogen) atoms. The highest BCUT2D eigenvalue weighted by Gasteiger charge is 2.46. The Balaban J connectivity index is 0.000000174. The lowest BCUT2D eigenvalue weighted by Crippen LogP contribution is -2.58. The van der Waals surface area contributed by atoms with Gasteiger partial charge in [0.2, 0.25) is 5.95 Å². The van der Waals surface area contributed by atoms with Crippen molar-refractivity contribution in [3.63, 3.8) is 0 Å². The molecule has 8 nitrogen and oxygen atoms in total. The van der Waals surface area contributed by atoms with Gasteiger partial charge in [0.25, 0.3) is 17.4 Å². The fourth-order valence-corrected chi connectivity index (χ4v) is 4.16. The van der Waals surface area contributed by atoms with Gasteiger partial charge in [0.15, 0.2) is 0 Å². The fraction of sp³-hybridized carbons (Fsp3) is 0.200. The first-order valence-electron chi connectivity index (χ1n) is 11.0. The molecule has 0 aliphatic carbocycles. The molecule has 1 aliphatic heterocycles. The van der Waals surface area contributed by atoms with Crippen LogP contribution in [0, 0.1) is 0 Å². The number of carbonyl (C=O) groups is 1. The number of rotatable bonds is 3. The number of alkyl halides is 2. The summed E-state index contributed by atoms with van der Waals surface area (Å²) in [7, 11) is 0. The summed E-state index contributed by atoms with van der Waals surface area (Å²) >= 11 is 6.20. The average Bonchev–Trinajstić information content (AvgIpc) is 2.83. The molecule has 5 rings (SSSR count). The van der Waals surface area contributed by atoms with Gasteiger partial charge in [-0.2, -0.15) is 4.98 Å². The standard InChI is InChI=1S/C17H14ClNO.C8H9F2N5O/c1-2-13-11-12-7-6-10-15(18)16(12)17(20)19(13)14-8-4-3-5-9-14;9-8(10)2-15(3-8)6(16)4-1-13-7(12)14-5(4)11/h3-11H,2H2,1H3;1H,2-3H2,(H4,11,12,13,14). The minimum Gasteiger partial charge on any atom is -0.383 e. The molecule has 0 bridgehead atoms. The number of fused-ring (bicyclic) bond motifs is 1. The van der Waals surface area contributed by atoms with Gasteiger partial charge in [0.05, 0.1) is 23.5 Å². The Morgan fingerprint density at radius 2 is 1.81 bits per heavy atom. The fourth-order valence-electron chi connectivity index (χ4n) is 3.89. The van der Waals surface area contributed by atoms with Gasteiger partial charge < -0.3 is 16.4 Å². The van der Waals surface area contributed by atoms with Crippen LogP contribution >= 0.6 is 11.6 Å². The number of nitrogens with zero attached hydrogens (tertiary/aromatic N) is 4. The molecular weight excluding hydrogens is 490 g/mol. The number of halogens is 3. The normalized spacial score (nSPS) is 14.1. The molecule has 4 aromatic rings. The molecule has 1 amide bonds. The first kappa shape index (κ1) is 25.1. The summed E-state index contributed by atoms with van der Waals surface area (Å²) < 4.78 is 26.8. The third-order valence-corrected chi connectivity index (χ3v) is 5.96. The molecule has 4 N–H and O–H groups in total. The van der Waals surface area contributed by atoms with E-state index < -0.39 is 24.9 Å². The number of amides is 1. The van der Waals surface area contributed by atoms with E-state index in [4.69, 9.17) is 23.1 Å². The molecule has 0 saturated carbocycles. The van der Waals surface area contributed by atoms with Crippen LogP contribution in [-0.4, -0.2) is 44.4 Å². The van der Waals surface area contributed by atoms with Gasteiger partial charge in [-0.05, 0) is 36.1 Å². The monoisotopic (exact) mass is 512 g/mol. The summed E-state index contributed by atoms with van der Waals surface area (Å²) in [4.78, 5) is 32.6. The van der Waals surface area contributed by atoms with E-state index >= 15 is 0 Å². The predicted octanol–water partition coefficient (Wildman–Crippen LogP) is 3.94. The molecule has 11 heteroatoms. The van der Waals surface area contributed by atoms with Crippen molar-refractivity contribution in [3.8, 4) is 5.69 Å². The molecule has 186 valence electrons. The van der Waals surface area contributed by atoms with Crippen LogP contribution in [0.1, 0.15) is 23.0 Å². The van der Waals surface area contributed by atoms with Crippen molar-refractivity contribution < 1.29 is 13.6 Å². The average molecular weight is 513 g/mol. The van der Waals surface area contributed by atoms with Crippen LogP contribution in [-0.2, 0) is 6.42 Å². The number of aryl methyl sites for hydroxylation is 1. The molecule has 0 radical (unpaired) electrons. The lowest BCUT2D eigenvalue weighted by atomic mass is 10.1. The highest BCUT2D eigenvalue weighted by atomic mass is 35.5. The van der Waals surface area contributed by atoms with Crippen LogP contribution in [0.5, 0.6) is 0 Å². The van der Waals surface area contributed by atoms with Crippen LogP contribution in [0.15, 0.2) is 65.6 Å². The number of benzene rings is 2. The zero-order valence-corrected chi connectivity index (χ0v) is 20.0. The number of anilines is 2. The Labute approximate surface area is 210 Å². The van der Waals surface area contributed by atoms with Crippen molar-refractivity contribution in [2.45, 2.75) is 19.3 Å². The maximum Gasteiger partial charge on any atom is 0.282 e. The molecular formula is C25H23ClF2N6O2. The Morgan fingerprint density at radius 3 is 2.42 bits per heavy atom. The van der Waals surface area contributed by atoms with E-state index in [0.717, 1.165) is 34.3 Å². The number of nitrogens with two attached hydrogens (primary N) is 2. The van der Waals surface area contributed by atoms with E-state index in [1.165, 1.54) is 0 Å². The van der Waals surface area contributed by atoms with Crippen molar-refractivity contribution in [3.05, 3.63) is 87.4 Å². The minimum absolute atomic E-state index is 0.00954. The van der Waals surface area contributed by atoms with E-state index in [0.29, 0.717) is 10.4 Å². The molecule has 0 atom stereocenters. The lowest BCUT2D eigenvalue weighted by Gasteiger charge is -2.38. The van der Waals surface area contributed by atoms with E-state index in [9.17, 15) is 18.4 Å². The number of aromatic nitrogens is 3. The van der Waals surface area contributed by atoms with Crippen LogP contribution in [0.25, 0.3) is 16.5 Å². The number of pyridine rings is 1. The van der Waals surface area contributed by atoms with Crippen molar-refractivity contribution in [1.82, 2.24) is 19.4 Å². The molecule has 0 unspecified atom stereocenters. The number of likely N-dealkylation sites (tertiary alicyclic amines) is 1. The molecule has 0 spiro atoms. The topological polar surface area (TPSA) is 120 Å². The highest BCUT2D eigenvalue weighted by Crippen LogP contribution is 2.28. The zero-order chi connectivity index (χ0) is 26.0. The third-order valence-electron chi connectivity index (χ3n) is 5.65. The molecule has 1 fully saturated rings. The van der Waals surface area contributed by atoms with Gasteiger partial charge in [-0.1, -0.05) is 48.9 Å². The third kappa shape index (κ3) is 4.99. The molecule has 2 aromatic carbocycles. The Hall–Kier alpha value is -4.05. The van der Waals surface area contributed by atoms with E-state index in [-0.39, 0.29) is 22.9 Å². The summed E-state index contributed by atoms with van der Waals surface area (Å²) in [5, 5.41) is 1.97. The zero-order valence-electron chi connectivity index (χ0n) is 19.3.